The summed E-state index contributed by atoms with van der Waals surface area (Å²) >= 11 is 0. The maximum Gasteiger partial charge on any atom is 0.466 e. The first-order valence-electron chi connectivity index (χ1n) is 5.31. The molecule has 76 valence electrons. The molecule has 2 rings (SSSR count). The summed E-state index contributed by atoms with van der Waals surface area (Å²) < 4.78 is 16.7. The molecular formula is C9H13B3O3. The van der Waals surface area contributed by atoms with E-state index in [1.54, 1.807) is 0 Å². The van der Waals surface area contributed by atoms with Gasteiger partial charge < -0.3 is 13.7 Å². The molecule has 0 bridgehead atoms. The van der Waals surface area contributed by atoms with E-state index in [1.165, 1.54) is 0 Å². The Balaban J connectivity index is 2.09. The molecule has 0 amide bonds. The molecule has 0 aliphatic carbocycles. The van der Waals surface area contributed by atoms with Crippen LogP contribution in [0.5, 0.6) is 0 Å². The van der Waals surface area contributed by atoms with Crippen molar-refractivity contribution in [2.45, 2.75) is 20.1 Å². The van der Waals surface area contributed by atoms with Gasteiger partial charge in [0.1, 0.15) is 0 Å². The summed E-state index contributed by atoms with van der Waals surface area (Å²) in [6, 6.07) is 9.92. The molecule has 0 N–H and O–H groups in total. The third kappa shape index (κ3) is 2.65. The van der Waals surface area contributed by atoms with Gasteiger partial charge in [-0.3, -0.25) is 0 Å². The van der Waals surface area contributed by atoms with Crippen molar-refractivity contribution in [2.75, 3.05) is 0 Å². The number of benzene rings is 1. The van der Waals surface area contributed by atoms with Crippen molar-refractivity contribution in [3.05, 3.63) is 30.3 Å². The van der Waals surface area contributed by atoms with E-state index in [4.69, 9.17) is 13.7 Å². The molecule has 15 heavy (non-hydrogen) atoms. The zero-order chi connectivity index (χ0) is 10.7. The fraction of sp³-hybridized carbons (Fsp3) is 0.333. The lowest BCUT2D eigenvalue weighted by molar-refractivity contribution is 0.294. The highest BCUT2D eigenvalue weighted by Gasteiger charge is 2.37. The SMILES string of the molecule is CCB1OB(C)OB(c2ccccc2)O1. The van der Waals surface area contributed by atoms with E-state index >= 15 is 0 Å². The summed E-state index contributed by atoms with van der Waals surface area (Å²) in [4.78, 5) is 0. The van der Waals surface area contributed by atoms with Crippen LogP contribution in [0.15, 0.2) is 30.3 Å². The Morgan fingerprint density at radius 2 is 1.80 bits per heavy atom. The van der Waals surface area contributed by atoms with Crippen LogP contribution in [0.4, 0.5) is 0 Å². The Morgan fingerprint density at radius 1 is 1.07 bits per heavy atom. The van der Waals surface area contributed by atoms with Gasteiger partial charge in [0, 0.05) is 0 Å². The minimum Gasteiger partial charge on any atom is -0.453 e. The molecular weight excluding hydrogens is 189 g/mol. The van der Waals surface area contributed by atoms with Gasteiger partial charge in [0.25, 0.3) is 0 Å². The zero-order valence-corrected chi connectivity index (χ0v) is 9.05. The molecule has 1 aliphatic rings. The van der Waals surface area contributed by atoms with Crippen LogP contribution in [0.3, 0.4) is 0 Å². The van der Waals surface area contributed by atoms with E-state index in [0.717, 1.165) is 11.8 Å². The van der Waals surface area contributed by atoms with Gasteiger partial charge in [-0.25, -0.2) is 0 Å². The molecule has 3 nitrogen and oxygen atoms in total. The van der Waals surface area contributed by atoms with Gasteiger partial charge in [-0.1, -0.05) is 37.3 Å². The van der Waals surface area contributed by atoms with Crippen LogP contribution in [0.25, 0.3) is 0 Å². The van der Waals surface area contributed by atoms with E-state index < -0.39 is 0 Å². The monoisotopic (exact) mass is 202 g/mol. The third-order valence-electron chi connectivity index (χ3n) is 2.34. The van der Waals surface area contributed by atoms with E-state index in [1.807, 2.05) is 44.1 Å². The average molecular weight is 202 g/mol. The van der Waals surface area contributed by atoms with E-state index in [2.05, 4.69) is 0 Å². The average Bonchev–Trinajstić information content (AvgIpc) is 2.29. The van der Waals surface area contributed by atoms with Crippen molar-refractivity contribution < 1.29 is 13.7 Å². The van der Waals surface area contributed by atoms with E-state index in [0.29, 0.717) is 0 Å². The van der Waals surface area contributed by atoms with Crippen LogP contribution in [0.1, 0.15) is 6.92 Å². The van der Waals surface area contributed by atoms with Gasteiger partial charge in [-0.15, -0.1) is 0 Å². The van der Waals surface area contributed by atoms with Crippen LogP contribution in [0.2, 0.25) is 13.1 Å². The lowest BCUT2D eigenvalue weighted by Crippen LogP contribution is -2.52. The summed E-state index contributed by atoms with van der Waals surface area (Å²) in [5.41, 5.74) is 1.03. The molecule has 1 fully saturated rings. The minimum absolute atomic E-state index is 0.168. The van der Waals surface area contributed by atoms with Crippen molar-refractivity contribution in [1.82, 2.24) is 0 Å². The molecule has 1 aliphatic heterocycles. The minimum atomic E-state index is -0.306. The molecule has 1 aromatic carbocycles. The maximum atomic E-state index is 5.65. The second-order valence-corrected chi connectivity index (χ2v) is 3.56. The lowest BCUT2D eigenvalue weighted by Gasteiger charge is -2.29. The molecule has 1 heterocycles. The first kappa shape index (κ1) is 10.8. The zero-order valence-electron chi connectivity index (χ0n) is 9.05. The molecule has 0 radical (unpaired) electrons. The van der Waals surface area contributed by atoms with E-state index in [9.17, 15) is 0 Å². The summed E-state index contributed by atoms with van der Waals surface area (Å²) in [6.45, 7) is 3.92. The molecule has 0 aromatic heterocycles. The highest BCUT2D eigenvalue weighted by atomic mass is 16.7. The Labute approximate surface area is 91.5 Å². The molecule has 1 saturated heterocycles. The first-order valence-corrected chi connectivity index (χ1v) is 5.31. The number of hydrogen-bond acceptors (Lipinski definition) is 3. The second-order valence-electron chi connectivity index (χ2n) is 3.56. The Bertz CT molecular complexity index is 309. The number of hydrogen-bond donors (Lipinski definition) is 0. The van der Waals surface area contributed by atoms with Gasteiger partial charge in [-0.2, -0.15) is 0 Å². The molecule has 0 spiro atoms. The summed E-state index contributed by atoms with van der Waals surface area (Å²) in [5, 5.41) is 0. The standard InChI is InChI=1S/C9H13B3O3/c1-3-11-13-10(2)14-12(15-11)9-7-5-4-6-8-9/h4-8H,3H2,1-2H3. The van der Waals surface area contributed by atoms with Crippen LogP contribution >= 0.6 is 0 Å². The predicted molar refractivity (Wildman–Crippen MR) is 62.9 cm³/mol. The van der Waals surface area contributed by atoms with Crippen molar-refractivity contribution in [3.8, 4) is 0 Å². The van der Waals surface area contributed by atoms with Crippen LogP contribution in [0, 0.1) is 0 Å². The number of rotatable bonds is 2. The van der Waals surface area contributed by atoms with Gasteiger partial charge in [0.15, 0.2) is 0 Å². The first-order chi connectivity index (χ1) is 7.29. The molecule has 0 saturated carbocycles. The third-order valence-corrected chi connectivity index (χ3v) is 2.34. The second kappa shape index (κ2) is 4.88. The van der Waals surface area contributed by atoms with Crippen LogP contribution in [-0.2, 0) is 13.7 Å². The Morgan fingerprint density at radius 3 is 2.47 bits per heavy atom. The topological polar surface area (TPSA) is 27.7 Å². The van der Waals surface area contributed by atoms with Crippen LogP contribution < -0.4 is 5.46 Å². The van der Waals surface area contributed by atoms with Gasteiger partial charge >= 0.3 is 21.4 Å². The Kier molecular flexibility index (Phi) is 3.51. The quantitative estimate of drug-likeness (QED) is 0.670. The predicted octanol–water partition coefficient (Wildman–Crippen LogP) is 1.07. The van der Waals surface area contributed by atoms with Crippen molar-refractivity contribution in [1.29, 1.82) is 0 Å². The summed E-state index contributed by atoms with van der Waals surface area (Å²) in [6.07, 6.45) is 0.830. The van der Waals surface area contributed by atoms with Crippen molar-refractivity contribution in [2.24, 2.45) is 0 Å². The largest absolute Gasteiger partial charge is 0.466 e. The molecule has 1 aromatic rings. The molecule has 0 atom stereocenters. The van der Waals surface area contributed by atoms with Gasteiger partial charge in [0.2, 0.25) is 0 Å². The summed E-state index contributed by atoms with van der Waals surface area (Å²) in [7, 11) is -0.687. The smallest absolute Gasteiger partial charge is 0.453 e. The lowest BCUT2D eigenvalue weighted by atomic mass is 9.66. The highest BCUT2D eigenvalue weighted by Crippen LogP contribution is 2.10. The fourth-order valence-electron chi connectivity index (χ4n) is 1.58. The van der Waals surface area contributed by atoms with Crippen molar-refractivity contribution in [3.63, 3.8) is 0 Å². The fourth-order valence-corrected chi connectivity index (χ4v) is 1.58. The highest BCUT2D eigenvalue weighted by molar-refractivity contribution is 6.79. The van der Waals surface area contributed by atoms with E-state index in [-0.39, 0.29) is 21.4 Å². The van der Waals surface area contributed by atoms with Crippen molar-refractivity contribution >= 4 is 26.8 Å². The molecule has 0 unspecified atom stereocenters. The normalized spacial score (nSPS) is 17.1. The maximum absolute atomic E-state index is 5.65. The van der Waals surface area contributed by atoms with Crippen LogP contribution in [-0.4, -0.2) is 21.4 Å². The Hall–Kier alpha value is -0.705. The van der Waals surface area contributed by atoms with Gasteiger partial charge in [0.05, 0.1) is 0 Å². The summed E-state index contributed by atoms with van der Waals surface area (Å²) in [5.74, 6) is 0. The van der Waals surface area contributed by atoms with Gasteiger partial charge in [-0.05, 0) is 18.6 Å². The molecule has 6 heteroatoms.